The van der Waals surface area contributed by atoms with Crippen molar-refractivity contribution < 1.29 is 13.3 Å². The van der Waals surface area contributed by atoms with Gasteiger partial charge in [0.15, 0.2) is 0 Å². The van der Waals surface area contributed by atoms with Crippen LogP contribution < -0.4 is 9.80 Å². The lowest BCUT2D eigenvalue weighted by atomic mass is 9.67. The van der Waals surface area contributed by atoms with Gasteiger partial charge in [-0.1, -0.05) is 303 Å². The second kappa shape index (κ2) is 27.7. The fourth-order valence-corrected chi connectivity index (χ4v) is 21.2. The van der Waals surface area contributed by atoms with Crippen LogP contribution >= 0.6 is 11.3 Å². The summed E-state index contributed by atoms with van der Waals surface area (Å²) in [6.07, 6.45) is 0. The molecule has 2 aliphatic carbocycles. The van der Waals surface area contributed by atoms with Gasteiger partial charge in [-0.25, -0.2) is 0 Å². The Balaban J connectivity index is 0.000000137. The number of furan rings is 3. The zero-order valence-electron chi connectivity index (χ0n) is 65.1. The molecule has 4 aromatic heterocycles. The maximum atomic E-state index is 6.74. The van der Waals surface area contributed by atoms with E-state index in [1.165, 1.54) is 120 Å². The maximum absolute atomic E-state index is 6.74. The fourth-order valence-electron chi connectivity index (χ4n) is 20.0. The minimum Gasteiger partial charge on any atom is -0.456 e. The number of anilines is 6. The van der Waals surface area contributed by atoms with E-state index in [2.05, 4.69) is 422 Å². The first-order chi connectivity index (χ1) is 59.5. The molecule has 4 heterocycles. The van der Waals surface area contributed by atoms with Crippen LogP contribution in [0.1, 0.15) is 44.5 Å². The molecule has 1 atom stereocenters. The first kappa shape index (κ1) is 69.0. The van der Waals surface area contributed by atoms with Crippen molar-refractivity contribution in [3.05, 3.63) is 481 Å². The van der Waals surface area contributed by atoms with Gasteiger partial charge in [-0.2, -0.15) is 0 Å². The topological polar surface area (TPSA) is 45.9 Å². The summed E-state index contributed by atoms with van der Waals surface area (Å²) in [5.74, 6) is 0. The van der Waals surface area contributed by atoms with Gasteiger partial charge in [-0.15, -0.1) is 11.3 Å². The van der Waals surface area contributed by atoms with E-state index in [1.807, 2.05) is 35.6 Å². The molecule has 5 nitrogen and oxygen atoms in total. The number of fused-ring (bicyclic) bond motifs is 19. The van der Waals surface area contributed by atoms with Gasteiger partial charge in [0, 0.05) is 87.7 Å². The third-order valence-electron chi connectivity index (χ3n) is 25.3. The number of rotatable bonds is 12. The van der Waals surface area contributed by atoms with Gasteiger partial charge in [-0.05, 0) is 221 Å². The quantitative estimate of drug-likeness (QED) is 0.122. The highest BCUT2D eigenvalue weighted by molar-refractivity contribution is 7.25. The molecule has 562 valence electrons. The number of hydrogen-bond acceptors (Lipinski definition) is 6. The van der Waals surface area contributed by atoms with Crippen molar-refractivity contribution in [2.75, 3.05) is 9.80 Å². The molecular weight excluding hydrogens is 1480 g/mol. The molecule has 0 saturated carbocycles. The smallest absolute Gasteiger partial charge is 0.137 e. The summed E-state index contributed by atoms with van der Waals surface area (Å²) >= 11 is 1.88. The maximum Gasteiger partial charge on any atom is 0.137 e. The molecule has 0 bridgehead atoms. The van der Waals surface area contributed by atoms with Crippen molar-refractivity contribution in [2.24, 2.45) is 0 Å². The van der Waals surface area contributed by atoms with Crippen molar-refractivity contribution in [1.82, 2.24) is 0 Å². The fraction of sp³-hybridized carbons (Fsp3) is 0.0175. The Hall–Kier alpha value is -15.3. The molecule has 120 heavy (non-hydrogen) atoms. The molecule has 2 aliphatic rings. The Morgan fingerprint density at radius 3 is 1.24 bits per heavy atom. The second-order valence-corrected chi connectivity index (χ2v) is 32.7. The molecule has 0 N–H and O–H groups in total. The van der Waals surface area contributed by atoms with Crippen molar-refractivity contribution in [2.45, 2.75) is 10.8 Å². The molecule has 0 amide bonds. The van der Waals surface area contributed by atoms with E-state index in [9.17, 15) is 0 Å². The van der Waals surface area contributed by atoms with E-state index in [0.717, 1.165) is 99.9 Å². The zero-order chi connectivity index (χ0) is 79.0. The third kappa shape index (κ3) is 10.8. The minimum atomic E-state index is -0.569. The number of hydrogen-bond donors (Lipinski definition) is 0. The van der Waals surface area contributed by atoms with E-state index in [4.69, 9.17) is 13.3 Å². The lowest BCUT2D eigenvalue weighted by Gasteiger charge is -2.34. The predicted octanol–water partition coefficient (Wildman–Crippen LogP) is 31.6. The van der Waals surface area contributed by atoms with Crippen LogP contribution in [0, 0.1) is 0 Å². The molecule has 0 radical (unpaired) electrons. The van der Waals surface area contributed by atoms with Crippen molar-refractivity contribution >= 4 is 142 Å². The molecular formula is C114H72N2O3S. The Morgan fingerprint density at radius 2 is 0.608 bits per heavy atom. The van der Waals surface area contributed by atoms with Crippen LogP contribution in [0.5, 0.6) is 0 Å². The van der Waals surface area contributed by atoms with E-state index in [0.29, 0.717) is 0 Å². The van der Waals surface area contributed by atoms with E-state index >= 15 is 0 Å². The average molecular weight is 1550 g/mol. The molecule has 0 fully saturated rings. The molecule has 19 aromatic carbocycles. The Bertz CT molecular complexity index is 7950. The van der Waals surface area contributed by atoms with E-state index in [-0.39, 0.29) is 0 Å². The number of para-hydroxylation sites is 4. The molecule has 6 heteroatoms. The molecule has 25 rings (SSSR count). The molecule has 1 unspecified atom stereocenters. The van der Waals surface area contributed by atoms with Crippen LogP contribution in [0.4, 0.5) is 34.1 Å². The van der Waals surface area contributed by atoms with Gasteiger partial charge in [0.1, 0.15) is 33.5 Å². The van der Waals surface area contributed by atoms with Crippen LogP contribution in [-0.2, 0) is 10.8 Å². The molecule has 0 saturated heterocycles. The van der Waals surface area contributed by atoms with Crippen LogP contribution in [0.3, 0.4) is 0 Å². The Kier molecular flexibility index (Phi) is 15.9. The summed E-state index contributed by atoms with van der Waals surface area (Å²) in [5.41, 5.74) is 30.5. The normalized spacial score (nSPS) is 13.8. The van der Waals surface area contributed by atoms with Gasteiger partial charge < -0.3 is 23.1 Å². The molecule has 0 aliphatic heterocycles. The summed E-state index contributed by atoms with van der Waals surface area (Å²) in [6.45, 7) is 0. The predicted molar refractivity (Wildman–Crippen MR) is 500 cm³/mol. The van der Waals surface area contributed by atoms with Crippen molar-refractivity contribution in [1.29, 1.82) is 0 Å². The summed E-state index contributed by atoms with van der Waals surface area (Å²) in [4.78, 5) is 4.67. The number of thiophene rings is 1. The second-order valence-electron chi connectivity index (χ2n) is 31.6. The van der Waals surface area contributed by atoms with E-state index < -0.39 is 10.8 Å². The van der Waals surface area contributed by atoms with E-state index in [1.54, 1.807) is 0 Å². The highest BCUT2D eigenvalue weighted by Gasteiger charge is 2.48. The largest absolute Gasteiger partial charge is 0.456 e. The lowest BCUT2D eigenvalue weighted by Crippen LogP contribution is -2.28. The van der Waals surface area contributed by atoms with Crippen LogP contribution in [-0.4, -0.2) is 0 Å². The van der Waals surface area contributed by atoms with Crippen LogP contribution in [0.25, 0.3) is 141 Å². The van der Waals surface area contributed by atoms with Gasteiger partial charge in [-0.3, -0.25) is 0 Å². The average Bonchev–Trinajstić information content (AvgIpc) is 1.54. The number of nitrogens with zero attached hydrogens (tertiary/aromatic N) is 2. The molecule has 0 spiro atoms. The minimum absolute atomic E-state index is 0.546. The van der Waals surface area contributed by atoms with Gasteiger partial charge in [0.05, 0.1) is 21.9 Å². The summed E-state index contributed by atoms with van der Waals surface area (Å²) in [5, 5.41) is 11.6. The standard InChI is InChI=1S/C59H37NOS.C55H35NO2/c1-3-14-38(15-4-1)39-18-13-19-42(32-39)59(53-24-11-9-22-47(53)52-33-40-16-7-8-17-41(40)34-54(52)59)43-26-29-50-51-31-28-46(37-58(51)62-57(50)35-43)60(44-20-5-2-6-21-44)45-27-30-49-48-23-10-12-25-55(48)61-56(49)36-45;1-3-14-36(15-4-1)37-26-28-38(29-27-37)55(47-21-10-7-18-42(47)43-19-8-11-22-48(43)55)39-30-33-51-46(34-39)54-49(23-13-25-52(54)57-51)56(40-16-5-2-6-17-40)41-31-32-45-44-20-9-12-24-50(44)58-53(45)35-41/h1-37H;1-35H. The van der Waals surface area contributed by atoms with Gasteiger partial charge >= 0.3 is 0 Å². The van der Waals surface area contributed by atoms with Gasteiger partial charge in [0.25, 0.3) is 0 Å². The molecule has 23 aromatic rings. The number of benzene rings is 19. The third-order valence-corrected chi connectivity index (χ3v) is 26.4. The summed E-state index contributed by atoms with van der Waals surface area (Å²) in [6, 6.07) is 159. The Labute approximate surface area is 697 Å². The first-order valence-electron chi connectivity index (χ1n) is 41.1. The summed E-state index contributed by atoms with van der Waals surface area (Å²) < 4.78 is 22.1. The van der Waals surface area contributed by atoms with Gasteiger partial charge in [0.2, 0.25) is 0 Å². The lowest BCUT2D eigenvalue weighted by molar-refractivity contribution is 0.668. The van der Waals surface area contributed by atoms with Crippen molar-refractivity contribution in [3.63, 3.8) is 0 Å². The summed E-state index contributed by atoms with van der Waals surface area (Å²) in [7, 11) is 0. The van der Waals surface area contributed by atoms with Crippen molar-refractivity contribution in [3.8, 4) is 44.5 Å². The van der Waals surface area contributed by atoms with Crippen LogP contribution in [0.2, 0.25) is 0 Å². The van der Waals surface area contributed by atoms with Crippen LogP contribution in [0.15, 0.2) is 450 Å². The monoisotopic (exact) mass is 1550 g/mol. The zero-order valence-corrected chi connectivity index (χ0v) is 65.9. The first-order valence-corrected chi connectivity index (χ1v) is 41.9. The SMILES string of the molecule is c1ccc(-c2ccc(C3(c4ccc5oc6cccc(N(c7ccccc7)c7ccc8c(c7)oc7ccccc78)c6c5c4)c4ccccc4-c4ccccc43)cc2)cc1.c1ccc(-c2cccc(C3(c4ccc5c(c4)sc4cc(N(c6ccccc6)c6ccc7c(c6)oc6ccccc67)ccc45)c4ccccc4-c4cc5ccccc5cc43)c2)cc1. The Morgan fingerprint density at radius 1 is 0.200 bits per heavy atom. The highest BCUT2D eigenvalue weighted by Crippen LogP contribution is 2.60. The highest BCUT2D eigenvalue weighted by atomic mass is 32.1.